The number of carbonyl (C=O) groups excluding carboxylic acids is 2. The van der Waals surface area contributed by atoms with Gasteiger partial charge in [-0.3, -0.25) is 9.59 Å². The van der Waals surface area contributed by atoms with Gasteiger partial charge >= 0.3 is 0 Å². The number of benzene rings is 2. The van der Waals surface area contributed by atoms with Crippen LogP contribution in [-0.4, -0.2) is 47.8 Å². The van der Waals surface area contributed by atoms with Gasteiger partial charge in [0.15, 0.2) is 0 Å². The van der Waals surface area contributed by atoms with E-state index in [4.69, 9.17) is 0 Å². The lowest BCUT2D eigenvalue weighted by Gasteiger charge is -2.25. The number of amides is 2. The number of fused-ring (bicyclic) bond motifs is 1. The van der Waals surface area contributed by atoms with Crippen LogP contribution in [0.5, 0.6) is 0 Å². The maximum Gasteiger partial charge on any atom is 0.254 e. The Labute approximate surface area is 173 Å². The third-order valence-electron chi connectivity index (χ3n) is 6.65. The average Bonchev–Trinajstić information content (AvgIpc) is 3.04. The first-order chi connectivity index (χ1) is 14.2. The molecule has 1 aliphatic carbocycles. The summed E-state index contributed by atoms with van der Waals surface area (Å²) in [5, 5.41) is 2.09. The molecule has 2 aliphatic rings. The lowest BCUT2D eigenvalue weighted by Crippen LogP contribution is -2.37. The summed E-state index contributed by atoms with van der Waals surface area (Å²) in [4.78, 5) is 29.8. The Hall–Kier alpha value is -2.36. The smallest absolute Gasteiger partial charge is 0.254 e. The van der Waals surface area contributed by atoms with Crippen molar-refractivity contribution in [3.05, 3.63) is 48.0 Å². The van der Waals surface area contributed by atoms with Gasteiger partial charge in [0.2, 0.25) is 5.91 Å². The second-order valence-corrected chi connectivity index (χ2v) is 8.60. The molecular weight excluding hydrogens is 360 g/mol. The van der Waals surface area contributed by atoms with Crippen LogP contribution in [0.2, 0.25) is 0 Å². The van der Waals surface area contributed by atoms with E-state index in [0.29, 0.717) is 26.1 Å². The van der Waals surface area contributed by atoms with Crippen LogP contribution in [0, 0.1) is 5.92 Å². The molecule has 0 unspecified atom stereocenters. The summed E-state index contributed by atoms with van der Waals surface area (Å²) >= 11 is 0. The predicted molar refractivity (Wildman–Crippen MR) is 117 cm³/mol. The van der Waals surface area contributed by atoms with Gasteiger partial charge in [-0.1, -0.05) is 68.5 Å². The molecule has 4 rings (SSSR count). The van der Waals surface area contributed by atoms with Crippen LogP contribution in [0.3, 0.4) is 0 Å². The van der Waals surface area contributed by atoms with Crippen molar-refractivity contribution < 1.29 is 9.59 Å². The molecule has 0 spiro atoms. The second-order valence-electron chi connectivity index (χ2n) is 8.60. The van der Waals surface area contributed by atoms with Gasteiger partial charge in [0.25, 0.3) is 5.91 Å². The number of rotatable bonds is 4. The molecule has 2 fully saturated rings. The van der Waals surface area contributed by atoms with Crippen LogP contribution in [0.4, 0.5) is 0 Å². The van der Waals surface area contributed by atoms with Crippen LogP contribution < -0.4 is 0 Å². The lowest BCUT2D eigenvalue weighted by molar-refractivity contribution is -0.131. The fourth-order valence-electron chi connectivity index (χ4n) is 4.91. The molecule has 1 saturated carbocycles. The highest BCUT2D eigenvalue weighted by molar-refractivity contribution is 6.07. The lowest BCUT2D eigenvalue weighted by atomic mass is 9.86. The Morgan fingerprint density at radius 3 is 2.38 bits per heavy atom. The van der Waals surface area contributed by atoms with E-state index in [1.165, 1.54) is 32.1 Å². The molecule has 4 heteroatoms. The summed E-state index contributed by atoms with van der Waals surface area (Å²) in [7, 11) is 0. The van der Waals surface area contributed by atoms with Gasteiger partial charge in [0.05, 0.1) is 0 Å². The number of hydrogen-bond acceptors (Lipinski definition) is 2. The van der Waals surface area contributed by atoms with E-state index in [2.05, 4.69) is 0 Å². The molecule has 2 amide bonds. The zero-order valence-electron chi connectivity index (χ0n) is 17.3. The number of nitrogens with zero attached hydrogens (tertiary/aromatic N) is 2. The molecule has 1 aliphatic heterocycles. The van der Waals surface area contributed by atoms with Crippen LogP contribution in [-0.2, 0) is 4.79 Å². The Bertz CT molecular complexity index is 852. The average molecular weight is 393 g/mol. The first-order valence-corrected chi connectivity index (χ1v) is 11.3. The third-order valence-corrected chi connectivity index (χ3v) is 6.65. The molecule has 1 heterocycles. The van der Waals surface area contributed by atoms with Crippen LogP contribution in [0.1, 0.15) is 61.7 Å². The van der Waals surface area contributed by atoms with E-state index in [1.54, 1.807) is 0 Å². The van der Waals surface area contributed by atoms with Gasteiger partial charge in [-0.05, 0) is 35.6 Å². The zero-order chi connectivity index (χ0) is 20.1. The summed E-state index contributed by atoms with van der Waals surface area (Å²) < 4.78 is 0. The van der Waals surface area contributed by atoms with E-state index in [-0.39, 0.29) is 11.8 Å². The van der Waals surface area contributed by atoms with Gasteiger partial charge < -0.3 is 9.80 Å². The van der Waals surface area contributed by atoms with Gasteiger partial charge in [0, 0.05) is 38.2 Å². The maximum absolute atomic E-state index is 13.2. The molecule has 0 radical (unpaired) electrons. The topological polar surface area (TPSA) is 40.6 Å². The summed E-state index contributed by atoms with van der Waals surface area (Å²) in [5.74, 6) is 1.09. The first-order valence-electron chi connectivity index (χ1n) is 11.3. The van der Waals surface area contributed by atoms with Gasteiger partial charge in [0.1, 0.15) is 0 Å². The van der Waals surface area contributed by atoms with Crippen LogP contribution in [0.15, 0.2) is 42.5 Å². The van der Waals surface area contributed by atoms with Crippen LogP contribution >= 0.6 is 0 Å². The highest BCUT2D eigenvalue weighted by Gasteiger charge is 2.24. The Kier molecular flexibility index (Phi) is 6.48. The molecule has 0 atom stereocenters. The summed E-state index contributed by atoms with van der Waals surface area (Å²) in [6.07, 6.45) is 9.15. The number of hydrogen-bond donors (Lipinski definition) is 0. The summed E-state index contributed by atoms with van der Waals surface area (Å²) in [5.41, 5.74) is 0.764. The van der Waals surface area contributed by atoms with E-state index in [1.807, 2.05) is 52.3 Å². The molecule has 0 bridgehead atoms. The standard InChI is InChI=1S/C25H32N2O2/c28-24(15-14-20-8-2-1-3-9-20)26-16-7-17-27(19-18-26)25(29)23-13-6-11-21-10-4-5-12-22(21)23/h4-6,10-13,20H,1-3,7-9,14-19H2. The van der Waals surface area contributed by atoms with E-state index in [9.17, 15) is 9.59 Å². The van der Waals surface area contributed by atoms with Crippen molar-refractivity contribution in [1.82, 2.24) is 9.80 Å². The molecule has 154 valence electrons. The fraction of sp³-hybridized carbons (Fsp3) is 0.520. The fourth-order valence-corrected chi connectivity index (χ4v) is 4.91. The highest BCUT2D eigenvalue weighted by Crippen LogP contribution is 2.27. The van der Waals surface area contributed by atoms with Crippen molar-refractivity contribution in [2.75, 3.05) is 26.2 Å². The summed E-state index contributed by atoms with van der Waals surface area (Å²) in [6.45, 7) is 2.76. The Morgan fingerprint density at radius 1 is 0.793 bits per heavy atom. The van der Waals surface area contributed by atoms with Crippen molar-refractivity contribution in [3.63, 3.8) is 0 Å². The van der Waals surface area contributed by atoms with Crippen molar-refractivity contribution >= 4 is 22.6 Å². The van der Waals surface area contributed by atoms with Crippen molar-refractivity contribution in [3.8, 4) is 0 Å². The predicted octanol–water partition coefficient (Wildman–Crippen LogP) is 4.87. The SMILES string of the molecule is O=C(CCC1CCCCC1)N1CCCN(C(=O)c2cccc3ccccc23)CC1. The number of carbonyl (C=O) groups is 2. The molecule has 0 aromatic heterocycles. The van der Waals surface area contributed by atoms with E-state index in [0.717, 1.165) is 41.6 Å². The van der Waals surface area contributed by atoms with Crippen molar-refractivity contribution in [2.45, 2.75) is 51.4 Å². The Morgan fingerprint density at radius 2 is 1.52 bits per heavy atom. The molecule has 1 saturated heterocycles. The normalized spacial score (nSPS) is 18.6. The molecule has 29 heavy (non-hydrogen) atoms. The minimum absolute atomic E-state index is 0.0818. The Balaban J connectivity index is 1.35. The van der Waals surface area contributed by atoms with Crippen LogP contribution in [0.25, 0.3) is 10.8 Å². The molecule has 0 N–H and O–H groups in total. The highest BCUT2D eigenvalue weighted by atomic mass is 16.2. The molecular formula is C25H32N2O2. The zero-order valence-corrected chi connectivity index (χ0v) is 17.3. The van der Waals surface area contributed by atoms with Gasteiger partial charge in [-0.15, -0.1) is 0 Å². The minimum Gasteiger partial charge on any atom is -0.341 e. The minimum atomic E-state index is 0.0818. The van der Waals surface area contributed by atoms with E-state index < -0.39 is 0 Å². The molecule has 2 aromatic carbocycles. The van der Waals surface area contributed by atoms with Gasteiger partial charge in [-0.2, -0.15) is 0 Å². The second kappa shape index (κ2) is 9.43. The summed E-state index contributed by atoms with van der Waals surface area (Å²) in [6, 6.07) is 14.0. The van der Waals surface area contributed by atoms with Crippen molar-refractivity contribution in [2.24, 2.45) is 5.92 Å². The van der Waals surface area contributed by atoms with Gasteiger partial charge in [-0.25, -0.2) is 0 Å². The molecule has 4 nitrogen and oxygen atoms in total. The quantitative estimate of drug-likeness (QED) is 0.744. The van der Waals surface area contributed by atoms with Crippen molar-refractivity contribution in [1.29, 1.82) is 0 Å². The maximum atomic E-state index is 13.2. The van der Waals surface area contributed by atoms with E-state index >= 15 is 0 Å². The largest absolute Gasteiger partial charge is 0.341 e. The third kappa shape index (κ3) is 4.80. The molecule has 2 aromatic rings. The first kappa shape index (κ1) is 19.9. The monoisotopic (exact) mass is 392 g/mol.